The van der Waals surface area contributed by atoms with Gasteiger partial charge in [0.15, 0.2) is 5.76 Å². The van der Waals surface area contributed by atoms with Crippen molar-refractivity contribution >= 4 is 5.91 Å². The first kappa shape index (κ1) is 19.6. The molecule has 1 N–H and O–H groups in total. The average molecular weight is 367 g/mol. The Morgan fingerprint density at radius 1 is 1.31 bits per heavy atom. The van der Waals surface area contributed by atoms with Crippen molar-refractivity contribution in [3.63, 3.8) is 0 Å². The van der Waals surface area contributed by atoms with Crippen molar-refractivity contribution in [3.05, 3.63) is 11.8 Å². The van der Waals surface area contributed by atoms with Gasteiger partial charge in [-0.3, -0.25) is 4.79 Å². The summed E-state index contributed by atoms with van der Waals surface area (Å²) in [6, 6.07) is 0. The van der Waals surface area contributed by atoms with Crippen LogP contribution >= 0.6 is 0 Å². The van der Waals surface area contributed by atoms with E-state index in [0.717, 1.165) is 39.0 Å². The summed E-state index contributed by atoms with van der Waals surface area (Å²) in [6.07, 6.45) is 7.02. The third kappa shape index (κ3) is 4.41. The van der Waals surface area contributed by atoms with Gasteiger partial charge < -0.3 is 24.4 Å². The predicted molar refractivity (Wildman–Crippen MR) is 99.3 cm³/mol. The highest BCUT2D eigenvalue weighted by Crippen LogP contribution is 2.44. The van der Waals surface area contributed by atoms with Crippen LogP contribution in [0.3, 0.4) is 0 Å². The van der Waals surface area contributed by atoms with Gasteiger partial charge in [-0.15, -0.1) is 0 Å². The molecule has 1 saturated heterocycles. The van der Waals surface area contributed by atoms with E-state index in [1.807, 2.05) is 11.8 Å². The Bertz CT molecular complexity index is 498. The molecule has 2 aliphatic heterocycles. The van der Waals surface area contributed by atoms with Crippen LogP contribution in [0.25, 0.3) is 0 Å². The van der Waals surface area contributed by atoms with Crippen LogP contribution in [0.15, 0.2) is 11.8 Å². The fourth-order valence-electron chi connectivity index (χ4n) is 4.31. The largest absolute Gasteiger partial charge is 0.459 e. The molecule has 26 heavy (non-hydrogen) atoms. The van der Waals surface area contributed by atoms with Crippen LogP contribution in [0.2, 0.25) is 0 Å². The number of allylic oxidation sites excluding steroid dienone is 1. The van der Waals surface area contributed by atoms with Gasteiger partial charge in [-0.2, -0.15) is 0 Å². The zero-order valence-corrected chi connectivity index (χ0v) is 16.2. The maximum Gasteiger partial charge on any atom is 0.288 e. The number of carbonyl (C=O) groups is 1. The van der Waals surface area contributed by atoms with Gasteiger partial charge in [0.25, 0.3) is 5.91 Å². The third-order valence-corrected chi connectivity index (χ3v) is 6.15. The molecule has 1 amide bonds. The number of hydrogen-bond acceptors (Lipinski definition) is 5. The smallest absolute Gasteiger partial charge is 0.288 e. The normalized spacial score (nSPS) is 30.5. The first-order valence-electron chi connectivity index (χ1n) is 10.2. The Kier molecular flexibility index (Phi) is 6.95. The molecule has 0 aromatic carbocycles. The van der Waals surface area contributed by atoms with E-state index in [4.69, 9.17) is 9.47 Å². The number of likely N-dealkylation sites (N-methyl/N-ethyl adjacent to an activating group) is 1. The van der Waals surface area contributed by atoms with Crippen molar-refractivity contribution < 1.29 is 19.4 Å². The monoisotopic (exact) mass is 366 g/mol. The van der Waals surface area contributed by atoms with Gasteiger partial charge in [0.2, 0.25) is 6.29 Å². The molecule has 3 atom stereocenters. The van der Waals surface area contributed by atoms with Crippen molar-refractivity contribution in [3.8, 4) is 0 Å². The summed E-state index contributed by atoms with van der Waals surface area (Å²) in [6.45, 7) is 6.01. The van der Waals surface area contributed by atoms with Gasteiger partial charge in [0, 0.05) is 45.3 Å². The second kappa shape index (κ2) is 9.20. The molecule has 6 heteroatoms. The molecule has 0 spiro atoms. The minimum atomic E-state index is -0.381. The number of carbonyl (C=O) groups excluding carboxylic acids is 1. The van der Waals surface area contributed by atoms with Crippen LogP contribution in [-0.4, -0.2) is 73.5 Å². The molecule has 0 radical (unpaired) electrons. The van der Waals surface area contributed by atoms with Crippen LogP contribution in [0.4, 0.5) is 0 Å². The van der Waals surface area contributed by atoms with Gasteiger partial charge in [-0.05, 0) is 57.6 Å². The van der Waals surface area contributed by atoms with Crippen molar-refractivity contribution in [2.45, 2.75) is 45.3 Å². The Morgan fingerprint density at radius 2 is 2.04 bits per heavy atom. The summed E-state index contributed by atoms with van der Waals surface area (Å²) < 4.78 is 12.0. The molecule has 6 nitrogen and oxygen atoms in total. The molecule has 3 aliphatic rings. The number of hydrogen-bond donors (Lipinski definition) is 1. The molecule has 3 rings (SSSR count). The number of aliphatic hydroxyl groups excluding tert-OH is 1. The maximum atomic E-state index is 13.0. The summed E-state index contributed by atoms with van der Waals surface area (Å²) in [5, 5.41) is 9.28. The second-order valence-corrected chi connectivity index (χ2v) is 7.87. The van der Waals surface area contributed by atoms with E-state index < -0.39 is 0 Å². The van der Waals surface area contributed by atoms with Crippen LogP contribution in [0, 0.1) is 17.8 Å². The zero-order chi connectivity index (χ0) is 18.5. The van der Waals surface area contributed by atoms with E-state index in [1.165, 1.54) is 19.3 Å². The lowest BCUT2D eigenvalue weighted by atomic mass is 9.68. The number of nitrogens with zero attached hydrogens (tertiary/aromatic N) is 2. The maximum absolute atomic E-state index is 13.0. The van der Waals surface area contributed by atoms with Crippen LogP contribution < -0.4 is 0 Å². The Balaban J connectivity index is 1.77. The summed E-state index contributed by atoms with van der Waals surface area (Å²) in [5.41, 5.74) is 0. The first-order chi connectivity index (χ1) is 12.6. The van der Waals surface area contributed by atoms with Gasteiger partial charge in [-0.1, -0.05) is 6.42 Å². The molecule has 0 aromatic rings. The summed E-state index contributed by atoms with van der Waals surface area (Å²) in [5.74, 6) is 1.63. The highest BCUT2D eigenvalue weighted by atomic mass is 16.7. The molecule has 0 bridgehead atoms. The average Bonchev–Trinajstić information content (AvgIpc) is 2.59. The molecule has 0 aromatic heterocycles. The quantitative estimate of drug-likeness (QED) is 0.745. The number of amides is 1. The van der Waals surface area contributed by atoms with Gasteiger partial charge in [0.1, 0.15) is 0 Å². The van der Waals surface area contributed by atoms with Crippen LogP contribution in [0.5, 0.6) is 0 Å². The van der Waals surface area contributed by atoms with Gasteiger partial charge >= 0.3 is 0 Å². The Morgan fingerprint density at radius 3 is 2.62 bits per heavy atom. The molecule has 0 unspecified atom stereocenters. The summed E-state index contributed by atoms with van der Waals surface area (Å²) in [4.78, 5) is 17.2. The molecule has 148 valence electrons. The molecule has 2 fully saturated rings. The van der Waals surface area contributed by atoms with Crippen molar-refractivity contribution in [2.24, 2.45) is 17.8 Å². The van der Waals surface area contributed by atoms with E-state index in [1.54, 1.807) is 0 Å². The standard InChI is InChI=1S/C20H34N2O4/c1-3-25-20-16(8-5-13-23)17(15-6-4-7-15)14-18(26-20)19(24)22-11-9-21(2)10-12-22/h14-17,20,23H,3-13H2,1-2H3/t16-,17-,20-/m1/s1. The van der Waals surface area contributed by atoms with E-state index >= 15 is 0 Å². The minimum absolute atomic E-state index is 0.00716. The van der Waals surface area contributed by atoms with Gasteiger partial charge in [0.05, 0.1) is 0 Å². The minimum Gasteiger partial charge on any atom is -0.459 e. The van der Waals surface area contributed by atoms with Crippen LogP contribution in [-0.2, 0) is 14.3 Å². The number of aliphatic hydroxyl groups is 1. The van der Waals surface area contributed by atoms with E-state index in [0.29, 0.717) is 24.2 Å². The summed E-state index contributed by atoms with van der Waals surface area (Å²) in [7, 11) is 2.09. The molecule has 1 aliphatic carbocycles. The number of ether oxygens (including phenoxy) is 2. The van der Waals surface area contributed by atoms with Crippen molar-refractivity contribution in [1.82, 2.24) is 9.80 Å². The molecule has 1 saturated carbocycles. The zero-order valence-electron chi connectivity index (χ0n) is 16.2. The first-order valence-corrected chi connectivity index (χ1v) is 10.2. The Labute approximate surface area is 157 Å². The SMILES string of the molecule is CCO[C@@H]1OC(C(=O)N2CCN(C)CC2)=C[C@H](C2CCC2)[C@H]1CCCO. The highest BCUT2D eigenvalue weighted by molar-refractivity contribution is 5.91. The third-order valence-electron chi connectivity index (χ3n) is 6.15. The Hall–Kier alpha value is -1.11. The van der Waals surface area contributed by atoms with Crippen molar-refractivity contribution in [2.75, 3.05) is 46.4 Å². The number of rotatable bonds is 7. The molecular formula is C20H34N2O4. The van der Waals surface area contributed by atoms with Crippen molar-refractivity contribution in [1.29, 1.82) is 0 Å². The highest BCUT2D eigenvalue weighted by Gasteiger charge is 2.42. The fraction of sp³-hybridized carbons (Fsp3) is 0.850. The lowest BCUT2D eigenvalue weighted by molar-refractivity contribution is -0.181. The second-order valence-electron chi connectivity index (χ2n) is 7.87. The van der Waals surface area contributed by atoms with E-state index in [-0.39, 0.29) is 24.7 Å². The lowest BCUT2D eigenvalue weighted by Gasteiger charge is -2.44. The van der Waals surface area contributed by atoms with Crippen LogP contribution in [0.1, 0.15) is 39.0 Å². The lowest BCUT2D eigenvalue weighted by Crippen LogP contribution is -2.49. The topological polar surface area (TPSA) is 62.2 Å². The molecule has 2 heterocycles. The number of piperazine rings is 1. The predicted octanol–water partition coefficient (Wildman–Crippen LogP) is 1.84. The fourth-order valence-corrected chi connectivity index (χ4v) is 4.31. The summed E-state index contributed by atoms with van der Waals surface area (Å²) >= 11 is 0. The van der Waals surface area contributed by atoms with E-state index in [9.17, 15) is 9.90 Å². The molecular weight excluding hydrogens is 332 g/mol. The van der Waals surface area contributed by atoms with E-state index in [2.05, 4.69) is 18.0 Å². The van der Waals surface area contributed by atoms with Gasteiger partial charge in [-0.25, -0.2) is 0 Å².